The van der Waals surface area contributed by atoms with E-state index < -0.39 is 0 Å². The normalized spacial score (nSPS) is 11.2. The Labute approximate surface area is 235 Å². The highest BCUT2D eigenvalue weighted by Gasteiger charge is 2.09. The SMILES string of the molecule is O=c1c2ccc(Br)cc2sc2cc(Br)ccc12.O=c1c2ccc(Br)cc2sc2cccc(Br)c12. The van der Waals surface area contributed by atoms with E-state index in [1.165, 1.54) is 0 Å². The van der Waals surface area contributed by atoms with Gasteiger partial charge in [0.1, 0.15) is 0 Å². The van der Waals surface area contributed by atoms with Crippen LogP contribution in [0.1, 0.15) is 0 Å². The summed E-state index contributed by atoms with van der Waals surface area (Å²) >= 11 is 17.0. The summed E-state index contributed by atoms with van der Waals surface area (Å²) in [7, 11) is 0. The molecule has 0 N–H and O–H groups in total. The molecule has 0 amide bonds. The van der Waals surface area contributed by atoms with Gasteiger partial charge in [0.05, 0.1) is 5.39 Å². The molecule has 2 aromatic heterocycles. The van der Waals surface area contributed by atoms with E-state index in [-0.39, 0.29) is 10.9 Å². The molecule has 0 radical (unpaired) electrons. The van der Waals surface area contributed by atoms with E-state index in [0.717, 1.165) is 58.2 Å². The topological polar surface area (TPSA) is 34.1 Å². The first-order valence-corrected chi connectivity index (χ1v) is 14.7. The second-order valence-corrected chi connectivity index (χ2v) is 13.2. The van der Waals surface area contributed by atoms with Crippen molar-refractivity contribution >= 4 is 127 Å². The van der Waals surface area contributed by atoms with Gasteiger partial charge in [0.25, 0.3) is 0 Å². The Bertz CT molecular complexity index is 1770. The average molecular weight is 740 g/mol. The lowest BCUT2D eigenvalue weighted by Gasteiger charge is -2.02. The van der Waals surface area contributed by atoms with E-state index in [1.54, 1.807) is 22.7 Å². The van der Waals surface area contributed by atoms with Crippen molar-refractivity contribution in [2.24, 2.45) is 0 Å². The minimum Gasteiger partial charge on any atom is -0.289 e. The van der Waals surface area contributed by atoms with Crippen molar-refractivity contribution in [2.75, 3.05) is 0 Å². The molecule has 0 spiro atoms. The van der Waals surface area contributed by atoms with Crippen LogP contribution in [-0.2, 0) is 0 Å². The average Bonchev–Trinajstić information content (AvgIpc) is 2.79. The Hall–Kier alpha value is -1.42. The van der Waals surface area contributed by atoms with Gasteiger partial charge in [-0.1, -0.05) is 53.9 Å². The van der Waals surface area contributed by atoms with Crippen LogP contribution in [0, 0.1) is 0 Å². The summed E-state index contributed by atoms with van der Waals surface area (Å²) in [5.41, 5.74) is 0.197. The van der Waals surface area contributed by atoms with E-state index >= 15 is 0 Å². The summed E-state index contributed by atoms with van der Waals surface area (Å²) < 4.78 is 7.89. The lowest BCUT2D eigenvalue weighted by atomic mass is 10.2. The maximum Gasteiger partial charge on any atom is 0.197 e. The quantitative estimate of drug-likeness (QED) is 0.146. The van der Waals surface area contributed by atoms with Gasteiger partial charge in [-0.15, -0.1) is 22.7 Å². The molecule has 0 aliphatic heterocycles. The van der Waals surface area contributed by atoms with Gasteiger partial charge in [0.2, 0.25) is 0 Å². The van der Waals surface area contributed by atoms with Gasteiger partial charge in [-0.2, -0.15) is 0 Å². The van der Waals surface area contributed by atoms with Crippen molar-refractivity contribution in [3.8, 4) is 0 Å². The van der Waals surface area contributed by atoms with E-state index in [1.807, 2.05) is 72.8 Å². The van der Waals surface area contributed by atoms with Gasteiger partial charge in [0.15, 0.2) is 10.9 Å². The van der Waals surface area contributed by atoms with Gasteiger partial charge < -0.3 is 0 Å². The number of hydrogen-bond donors (Lipinski definition) is 0. The third-order valence-corrected chi connectivity index (χ3v) is 9.58. The fraction of sp³-hybridized carbons (Fsp3) is 0. The molecule has 0 bridgehead atoms. The molecule has 8 heteroatoms. The molecule has 0 saturated heterocycles. The minimum atomic E-state index is 0.0914. The Kier molecular flexibility index (Phi) is 7.08. The number of benzene rings is 4. The first-order valence-electron chi connectivity index (χ1n) is 9.94. The van der Waals surface area contributed by atoms with Gasteiger partial charge in [0, 0.05) is 52.8 Å². The van der Waals surface area contributed by atoms with Crippen LogP contribution in [0.25, 0.3) is 40.3 Å². The zero-order valence-electron chi connectivity index (χ0n) is 17.1. The molecule has 0 unspecified atom stereocenters. The van der Waals surface area contributed by atoms with Crippen molar-refractivity contribution in [3.05, 3.63) is 111 Å². The highest BCUT2D eigenvalue weighted by molar-refractivity contribution is 9.11. The van der Waals surface area contributed by atoms with E-state index in [4.69, 9.17) is 0 Å². The summed E-state index contributed by atoms with van der Waals surface area (Å²) in [5, 5.41) is 3.12. The van der Waals surface area contributed by atoms with E-state index in [2.05, 4.69) is 63.7 Å². The molecule has 34 heavy (non-hydrogen) atoms. The predicted molar refractivity (Wildman–Crippen MR) is 162 cm³/mol. The summed E-state index contributed by atoms with van der Waals surface area (Å²) in [6.07, 6.45) is 0. The lowest BCUT2D eigenvalue weighted by molar-refractivity contribution is 1.69. The smallest absolute Gasteiger partial charge is 0.197 e. The second kappa shape index (κ2) is 9.91. The summed E-state index contributed by atoms with van der Waals surface area (Å²) in [4.78, 5) is 24.7. The maximum atomic E-state index is 12.4. The highest BCUT2D eigenvalue weighted by atomic mass is 79.9. The molecule has 0 aliphatic carbocycles. The van der Waals surface area contributed by atoms with Crippen LogP contribution in [0.3, 0.4) is 0 Å². The van der Waals surface area contributed by atoms with E-state index in [0.29, 0.717) is 0 Å². The Morgan fingerprint density at radius 3 is 1.44 bits per heavy atom. The number of halogens is 4. The van der Waals surface area contributed by atoms with Crippen LogP contribution < -0.4 is 10.9 Å². The fourth-order valence-electron chi connectivity index (χ4n) is 3.63. The molecule has 168 valence electrons. The highest BCUT2D eigenvalue weighted by Crippen LogP contribution is 2.31. The van der Waals surface area contributed by atoms with Crippen LogP contribution in [-0.4, -0.2) is 0 Å². The molecule has 6 rings (SSSR count). The van der Waals surface area contributed by atoms with Crippen LogP contribution >= 0.6 is 86.4 Å². The summed E-state index contributed by atoms with van der Waals surface area (Å²) in [6.45, 7) is 0. The minimum absolute atomic E-state index is 0.0914. The van der Waals surface area contributed by atoms with Crippen LogP contribution in [0.15, 0.2) is 100 Å². The van der Waals surface area contributed by atoms with Crippen LogP contribution in [0.2, 0.25) is 0 Å². The van der Waals surface area contributed by atoms with Crippen molar-refractivity contribution in [3.63, 3.8) is 0 Å². The Balaban J connectivity index is 0.000000142. The first kappa shape index (κ1) is 24.3. The Morgan fingerprint density at radius 1 is 0.500 bits per heavy atom. The molecule has 0 aliphatic rings. The molecule has 0 saturated carbocycles. The zero-order valence-corrected chi connectivity index (χ0v) is 25.1. The van der Waals surface area contributed by atoms with Gasteiger partial charge in [-0.25, -0.2) is 0 Å². The van der Waals surface area contributed by atoms with Gasteiger partial charge in [-0.3, -0.25) is 9.59 Å². The second-order valence-electron chi connectivity index (χ2n) is 7.40. The summed E-state index contributed by atoms with van der Waals surface area (Å²) in [5.74, 6) is 0. The van der Waals surface area contributed by atoms with Crippen molar-refractivity contribution in [1.82, 2.24) is 0 Å². The maximum absolute atomic E-state index is 12.4. The molecule has 0 atom stereocenters. The predicted octanol–water partition coefficient (Wildman–Crippen LogP) is 9.88. The zero-order chi connectivity index (χ0) is 24.0. The van der Waals surface area contributed by atoms with E-state index in [9.17, 15) is 9.59 Å². The van der Waals surface area contributed by atoms with Gasteiger partial charge >= 0.3 is 0 Å². The van der Waals surface area contributed by atoms with Crippen molar-refractivity contribution in [1.29, 1.82) is 0 Å². The Morgan fingerprint density at radius 2 is 0.941 bits per heavy atom. The van der Waals surface area contributed by atoms with Gasteiger partial charge in [-0.05, 0) is 82.7 Å². The molecular weight excluding hydrogens is 728 g/mol. The fourth-order valence-corrected chi connectivity index (χ4v) is 8.14. The summed E-state index contributed by atoms with van der Waals surface area (Å²) in [6, 6.07) is 23.1. The number of fused-ring (bicyclic) bond motifs is 4. The molecule has 2 nitrogen and oxygen atoms in total. The molecular formula is C26H12Br4O2S2. The molecule has 2 heterocycles. The third kappa shape index (κ3) is 4.68. The molecule has 0 fully saturated rings. The standard InChI is InChI=1S/2C13H6Br2OS/c14-7-1-3-9-11(5-7)17-12-6-8(15)2-4-10(12)13(9)16;14-7-4-5-8-11(6-7)17-10-3-1-2-9(15)12(10)13(8)16/h2*1-6H. The first-order chi connectivity index (χ1) is 16.3. The number of hydrogen-bond acceptors (Lipinski definition) is 4. The van der Waals surface area contributed by atoms with Crippen molar-refractivity contribution < 1.29 is 0 Å². The lowest BCUT2D eigenvalue weighted by Crippen LogP contribution is -2.01. The molecule has 4 aromatic carbocycles. The largest absolute Gasteiger partial charge is 0.289 e. The van der Waals surface area contributed by atoms with Crippen molar-refractivity contribution in [2.45, 2.75) is 0 Å². The van der Waals surface area contributed by atoms with Crippen LogP contribution in [0.4, 0.5) is 0 Å². The number of rotatable bonds is 0. The third-order valence-electron chi connectivity index (χ3n) is 5.21. The monoisotopic (exact) mass is 736 g/mol. The molecule has 6 aromatic rings. The van der Waals surface area contributed by atoms with Crippen LogP contribution in [0.5, 0.6) is 0 Å².